The summed E-state index contributed by atoms with van der Waals surface area (Å²) < 4.78 is 39.7. The molecule has 106 valence electrons. The number of alkyl halides is 3. The first-order valence-corrected chi connectivity index (χ1v) is 7.01. The van der Waals surface area contributed by atoms with Crippen LogP contribution in [0.4, 0.5) is 13.2 Å². The quantitative estimate of drug-likeness (QED) is 0.783. The lowest BCUT2D eigenvalue weighted by atomic mass is 9.80. The Bertz CT molecular complexity index is 518. The molecule has 1 aromatic heterocycles. The lowest BCUT2D eigenvalue weighted by Gasteiger charge is -2.28. The Morgan fingerprint density at radius 3 is 2.79 bits per heavy atom. The van der Waals surface area contributed by atoms with Gasteiger partial charge in [-0.2, -0.15) is 18.2 Å². The highest BCUT2D eigenvalue weighted by Crippen LogP contribution is 2.40. The minimum atomic E-state index is -4.20. The third-order valence-corrected chi connectivity index (χ3v) is 4.30. The van der Waals surface area contributed by atoms with E-state index in [2.05, 4.69) is 4.99 Å². The molecule has 0 aliphatic heterocycles. The summed E-state index contributed by atoms with van der Waals surface area (Å²) in [5.74, 6) is -2.38. The standard InChI is InChI=1S/C12H15F3N2OS/c1-17-5-6-19-11(17)16-10(18)8-3-2-4-9(7-8)12(13,14)15/h5-6,8-9H,2-4,7H2,1H3. The van der Waals surface area contributed by atoms with Crippen molar-refractivity contribution in [3.05, 3.63) is 16.4 Å². The number of hydrogen-bond acceptors (Lipinski definition) is 2. The molecule has 1 aromatic rings. The fourth-order valence-corrected chi connectivity index (χ4v) is 3.07. The fourth-order valence-electron chi connectivity index (χ4n) is 2.33. The van der Waals surface area contributed by atoms with Crippen molar-refractivity contribution < 1.29 is 18.0 Å². The first kappa shape index (κ1) is 14.3. The van der Waals surface area contributed by atoms with E-state index in [1.54, 1.807) is 23.2 Å². The lowest BCUT2D eigenvalue weighted by Crippen LogP contribution is -2.32. The second-order valence-electron chi connectivity index (χ2n) is 4.85. The van der Waals surface area contributed by atoms with Crippen molar-refractivity contribution in [3.63, 3.8) is 0 Å². The smallest absolute Gasteiger partial charge is 0.327 e. The number of hydrogen-bond donors (Lipinski definition) is 0. The summed E-state index contributed by atoms with van der Waals surface area (Å²) in [5.41, 5.74) is 0. The molecule has 1 aliphatic carbocycles. The van der Waals surface area contributed by atoms with Gasteiger partial charge in [0.1, 0.15) is 0 Å². The molecule has 1 amide bonds. The van der Waals surface area contributed by atoms with Crippen LogP contribution in [-0.4, -0.2) is 16.7 Å². The van der Waals surface area contributed by atoms with E-state index in [0.29, 0.717) is 17.6 Å². The van der Waals surface area contributed by atoms with E-state index in [1.807, 2.05) is 0 Å². The number of nitrogens with zero attached hydrogens (tertiary/aromatic N) is 2. The maximum absolute atomic E-state index is 12.7. The second-order valence-corrected chi connectivity index (χ2v) is 5.72. The van der Waals surface area contributed by atoms with Crippen LogP contribution in [0.3, 0.4) is 0 Å². The summed E-state index contributed by atoms with van der Waals surface area (Å²) >= 11 is 1.30. The SMILES string of the molecule is Cn1ccsc1=NC(=O)C1CCCC(C(F)(F)F)C1. The Labute approximate surface area is 112 Å². The summed E-state index contributed by atoms with van der Waals surface area (Å²) in [6.45, 7) is 0. The van der Waals surface area contributed by atoms with Crippen molar-refractivity contribution in [3.8, 4) is 0 Å². The highest BCUT2D eigenvalue weighted by atomic mass is 32.1. The molecular formula is C12H15F3N2OS. The van der Waals surface area contributed by atoms with Crippen LogP contribution >= 0.6 is 11.3 Å². The monoisotopic (exact) mass is 292 g/mol. The van der Waals surface area contributed by atoms with Crippen LogP contribution in [0.25, 0.3) is 0 Å². The van der Waals surface area contributed by atoms with E-state index in [9.17, 15) is 18.0 Å². The zero-order chi connectivity index (χ0) is 14.0. The number of carbonyl (C=O) groups is 1. The highest BCUT2D eigenvalue weighted by Gasteiger charge is 2.43. The van der Waals surface area contributed by atoms with E-state index in [-0.39, 0.29) is 12.8 Å². The molecule has 0 spiro atoms. The van der Waals surface area contributed by atoms with Crippen LogP contribution < -0.4 is 4.80 Å². The Morgan fingerprint density at radius 1 is 1.47 bits per heavy atom. The van der Waals surface area contributed by atoms with Gasteiger partial charge in [-0.15, -0.1) is 11.3 Å². The van der Waals surface area contributed by atoms with Crippen LogP contribution in [0.15, 0.2) is 16.6 Å². The Hall–Kier alpha value is -1.11. The molecule has 0 N–H and O–H groups in total. The molecule has 0 radical (unpaired) electrons. The molecule has 0 saturated heterocycles. The predicted octanol–water partition coefficient (Wildman–Crippen LogP) is 2.88. The van der Waals surface area contributed by atoms with E-state index < -0.39 is 23.9 Å². The second kappa shape index (κ2) is 5.48. The maximum atomic E-state index is 12.7. The summed E-state index contributed by atoms with van der Waals surface area (Å²) in [4.78, 5) is 16.4. The van der Waals surface area contributed by atoms with Gasteiger partial charge in [-0.1, -0.05) is 6.42 Å². The molecule has 2 unspecified atom stereocenters. The van der Waals surface area contributed by atoms with Gasteiger partial charge in [0.2, 0.25) is 0 Å². The zero-order valence-corrected chi connectivity index (χ0v) is 11.3. The average molecular weight is 292 g/mol. The molecule has 1 saturated carbocycles. The van der Waals surface area contributed by atoms with Gasteiger partial charge in [0.05, 0.1) is 5.92 Å². The van der Waals surface area contributed by atoms with Gasteiger partial charge in [-0.3, -0.25) is 4.79 Å². The largest absolute Gasteiger partial charge is 0.391 e. The number of halogens is 3. The molecule has 1 heterocycles. The molecule has 2 rings (SSSR count). The zero-order valence-electron chi connectivity index (χ0n) is 10.5. The van der Waals surface area contributed by atoms with Crippen LogP contribution in [0.1, 0.15) is 25.7 Å². The maximum Gasteiger partial charge on any atom is 0.391 e. The molecule has 0 bridgehead atoms. The van der Waals surface area contributed by atoms with E-state index >= 15 is 0 Å². The fraction of sp³-hybridized carbons (Fsp3) is 0.667. The van der Waals surface area contributed by atoms with Crippen LogP contribution in [-0.2, 0) is 11.8 Å². The molecule has 3 nitrogen and oxygen atoms in total. The summed E-state index contributed by atoms with van der Waals surface area (Å²) in [6, 6.07) is 0. The Morgan fingerprint density at radius 2 is 2.21 bits per heavy atom. The number of rotatable bonds is 1. The van der Waals surface area contributed by atoms with Gasteiger partial charge in [0, 0.05) is 24.5 Å². The third kappa shape index (κ3) is 3.46. The number of aryl methyl sites for hydroxylation is 1. The summed E-state index contributed by atoms with van der Waals surface area (Å²) in [6.07, 6.45) is -1.50. The summed E-state index contributed by atoms with van der Waals surface area (Å²) in [7, 11) is 1.75. The molecule has 19 heavy (non-hydrogen) atoms. The Kier molecular flexibility index (Phi) is 4.13. The van der Waals surface area contributed by atoms with Crippen molar-refractivity contribution in [2.45, 2.75) is 31.9 Å². The van der Waals surface area contributed by atoms with Crippen molar-refractivity contribution in [1.82, 2.24) is 4.57 Å². The molecule has 1 aliphatic rings. The molecular weight excluding hydrogens is 277 g/mol. The normalized spacial score (nSPS) is 25.6. The first-order chi connectivity index (χ1) is 8.88. The average Bonchev–Trinajstić information content (AvgIpc) is 2.74. The number of carbonyl (C=O) groups excluding carboxylic acids is 1. The third-order valence-electron chi connectivity index (χ3n) is 3.45. The number of thiazole rings is 1. The minimum absolute atomic E-state index is 0.124. The van der Waals surface area contributed by atoms with Crippen LogP contribution in [0, 0.1) is 11.8 Å². The van der Waals surface area contributed by atoms with E-state index in [1.165, 1.54) is 11.3 Å². The van der Waals surface area contributed by atoms with Crippen molar-refractivity contribution in [2.75, 3.05) is 0 Å². The lowest BCUT2D eigenvalue weighted by molar-refractivity contribution is -0.186. The molecule has 1 fully saturated rings. The predicted molar refractivity (Wildman–Crippen MR) is 65.4 cm³/mol. The van der Waals surface area contributed by atoms with Gasteiger partial charge >= 0.3 is 6.18 Å². The highest BCUT2D eigenvalue weighted by molar-refractivity contribution is 7.07. The van der Waals surface area contributed by atoms with Crippen molar-refractivity contribution in [1.29, 1.82) is 0 Å². The molecule has 7 heteroatoms. The van der Waals surface area contributed by atoms with E-state index in [4.69, 9.17) is 0 Å². The van der Waals surface area contributed by atoms with Crippen LogP contribution in [0.5, 0.6) is 0 Å². The molecule has 0 aromatic carbocycles. The van der Waals surface area contributed by atoms with E-state index in [0.717, 1.165) is 0 Å². The molecule has 2 atom stereocenters. The van der Waals surface area contributed by atoms with Gasteiger partial charge < -0.3 is 4.57 Å². The van der Waals surface area contributed by atoms with Gasteiger partial charge in [0.15, 0.2) is 4.80 Å². The minimum Gasteiger partial charge on any atom is -0.327 e. The van der Waals surface area contributed by atoms with Crippen LogP contribution in [0.2, 0.25) is 0 Å². The first-order valence-electron chi connectivity index (χ1n) is 6.13. The van der Waals surface area contributed by atoms with Gasteiger partial charge in [0.25, 0.3) is 5.91 Å². The van der Waals surface area contributed by atoms with Gasteiger partial charge in [-0.25, -0.2) is 0 Å². The summed E-state index contributed by atoms with van der Waals surface area (Å²) in [5, 5.41) is 1.78. The topological polar surface area (TPSA) is 34.4 Å². The number of aromatic nitrogens is 1. The van der Waals surface area contributed by atoms with Crippen molar-refractivity contribution in [2.24, 2.45) is 23.9 Å². The van der Waals surface area contributed by atoms with Gasteiger partial charge in [-0.05, 0) is 19.3 Å². The number of amides is 1. The Balaban J connectivity index is 2.10. The van der Waals surface area contributed by atoms with Crippen molar-refractivity contribution >= 4 is 17.2 Å².